The molecule has 0 aromatic heterocycles. The molecular formula is C60H40Br2O8S2. The van der Waals surface area contributed by atoms with Crippen LogP contribution in [0.15, 0.2) is 271 Å². The van der Waals surface area contributed by atoms with Crippen molar-refractivity contribution in [3.8, 4) is 79.4 Å². The Morgan fingerprint density at radius 1 is 0.278 bits per heavy atom. The summed E-state index contributed by atoms with van der Waals surface area (Å²) in [6, 6.07) is 71.4. The molecule has 0 aliphatic heterocycles. The van der Waals surface area contributed by atoms with Gasteiger partial charge in [0.15, 0.2) is 0 Å². The lowest BCUT2D eigenvalue weighted by atomic mass is 10.0. The first-order valence-electron chi connectivity index (χ1n) is 22.5. The van der Waals surface area contributed by atoms with Gasteiger partial charge in [-0.25, -0.2) is 16.8 Å². The van der Waals surface area contributed by atoms with E-state index in [1.54, 1.807) is 66.7 Å². The summed E-state index contributed by atoms with van der Waals surface area (Å²) in [5, 5.41) is 0. The van der Waals surface area contributed by atoms with Gasteiger partial charge >= 0.3 is 0 Å². The maximum atomic E-state index is 13.8. The van der Waals surface area contributed by atoms with Crippen molar-refractivity contribution in [1.29, 1.82) is 0 Å². The van der Waals surface area contributed by atoms with Crippen LogP contribution in [0.2, 0.25) is 0 Å². The van der Waals surface area contributed by atoms with Crippen LogP contribution < -0.4 is 18.9 Å². The molecular weight excluding hydrogens is 1070 g/mol. The molecule has 0 aliphatic carbocycles. The van der Waals surface area contributed by atoms with E-state index in [2.05, 4.69) is 31.9 Å². The van der Waals surface area contributed by atoms with Gasteiger partial charge in [0, 0.05) is 14.5 Å². The van der Waals surface area contributed by atoms with Crippen LogP contribution in [0.5, 0.6) is 46.0 Å². The van der Waals surface area contributed by atoms with Crippen molar-refractivity contribution >= 4 is 51.5 Å². The summed E-state index contributed by atoms with van der Waals surface area (Å²) < 4.78 is 82.3. The van der Waals surface area contributed by atoms with Gasteiger partial charge in [-0.05, 0) is 168 Å². The molecule has 0 aliphatic rings. The Kier molecular flexibility index (Phi) is 13.9. The molecule has 10 aromatic rings. The molecule has 0 heterocycles. The minimum atomic E-state index is -3.90. The number of sulfone groups is 2. The molecule has 0 bridgehead atoms. The lowest BCUT2D eigenvalue weighted by Gasteiger charge is -2.17. The average Bonchev–Trinajstić information content (AvgIpc) is 3.40. The Bertz CT molecular complexity index is 3750. The molecule has 0 saturated carbocycles. The molecule has 12 heteroatoms. The van der Waals surface area contributed by atoms with Crippen molar-refractivity contribution < 1.29 is 35.8 Å². The van der Waals surface area contributed by atoms with E-state index in [4.69, 9.17) is 18.9 Å². The van der Waals surface area contributed by atoms with Crippen molar-refractivity contribution in [2.75, 3.05) is 0 Å². The Morgan fingerprint density at radius 3 is 1.14 bits per heavy atom. The number of halogens is 2. The van der Waals surface area contributed by atoms with Gasteiger partial charge < -0.3 is 18.9 Å². The smallest absolute Gasteiger partial charge is 0.206 e. The van der Waals surface area contributed by atoms with E-state index in [1.807, 2.05) is 127 Å². The zero-order valence-electron chi connectivity index (χ0n) is 37.9. The molecule has 0 spiro atoms. The zero-order valence-corrected chi connectivity index (χ0v) is 42.7. The summed E-state index contributed by atoms with van der Waals surface area (Å²) in [5.74, 6) is 3.91. The van der Waals surface area contributed by atoms with E-state index < -0.39 is 19.7 Å². The molecule has 0 atom stereocenters. The minimum Gasteiger partial charge on any atom is -0.457 e. The maximum Gasteiger partial charge on any atom is 0.206 e. The van der Waals surface area contributed by atoms with Crippen molar-refractivity contribution in [3.63, 3.8) is 0 Å². The van der Waals surface area contributed by atoms with Crippen LogP contribution in [-0.4, -0.2) is 16.8 Å². The predicted octanol–water partition coefficient (Wildman–Crippen LogP) is 17.0. The summed E-state index contributed by atoms with van der Waals surface area (Å²) in [4.78, 5) is 0.405. The number of hydrogen-bond donors (Lipinski definition) is 0. The molecule has 354 valence electrons. The van der Waals surface area contributed by atoms with E-state index in [-0.39, 0.29) is 19.6 Å². The molecule has 10 aromatic carbocycles. The molecule has 10 rings (SSSR count). The average molecular weight is 1110 g/mol. The van der Waals surface area contributed by atoms with E-state index in [9.17, 15) is 16.8 Å². The quantitative estimate of drug-likeness (QED) is 0.1000. The highest BCUT2D eigenvalue weighted by molar-refractivity contribution is 9.10. The Balaban J connectivity index is 0.828. The number of rotatable bonds is 15. The SMILES string of the molecule is O=S(=O)(c1ccc(Oc2cc(Br)cc(-c3ccccc3)c2)cc1)c1ccc(Oc2cccc(Oc3ccc(S(=O)(=O)c4ccc(Oc5ccc(Br)cc5-c5ccccc5)cc4)cc3)c2-c2ccccc2)cc1. The van der Waals surface area contributed by atoms with Crippen LogP contribution in [0.3, 0.4) is 0 Å². The summed E-state index contributed by atoms with van der Waals surface area (Å²) in [6.45, 7) is 0. The van der Waals surface area contributed by atoms with Gasteiger partial charge in [0.05, 0.1) is 25.1 Å². The van der Waals surface area contributed by atoms with Gasteiger partial charge in [-0.3, -0.25) is 0 Å². The molecule has 72 heavy (non-hydrogen) atoms. The maximum absolute atomic E-state index is 13.8. The zero-order chi connectivity index (χ0) is 49.7. The van der Waals surface area contributed by atoms with Gasteiger partial charge in [0.1, 0.15) is 46.0 Å². The third-order valence-corrected chi connectivity index (χ3v) is 16.0. The van der Waals surface area contributed by atoms with Gasteiger partial charge in [-0.2, -0.15) is 0 Å². The number of ether oxygens (including phenoxy) is 4. The Morgan fingerprint density at radius 2 is 0.681 bits per heavy atom. The number of benzene rings is 10. The molecule has 0 fully saturated rings. The standard InChI is InChI=1S/C60H40Br2O8S2/c61-45-19-36-57(56(40-45)42-13-6-2-7-14-42)68-48-22-30-53(31-23-48)72(65,66)55-34-26-50(27-35-55)70-59-18-10-17-58(60(59)43-15-8-3-9-16-43)69-49-24-32-54(33-25-49)71(63,64)52-28-20-47(21-29-52)67-51-38-44(37-46(62)39-51)41-11-4-1-5-12-41/h1-40H. The fourth-order valence-electron chi connectivity index (χ4n) is 7.96. The van der Waals surface area contributed by atoms with E-state index in [0.29, 0.717) is 51.6 Å². The summed E-state index contributed by atoms with van der Waals surface area (Å²) in [6.07, 6.45) is 0. The lowest BCUT2D eigenvalue weighted by molar-refractivity contribution is 0.463. The molecule has 0 amide bonds. The molecule has 0 unspecified atom stereocenters. The highest BCUT2D eigenvalue weighted by Gasteiger charge is 2.22. The van der Waals surface area contributed by atoms with Crippen molar-refractivity contribution in [2.45, 2.75) is 19.6 Å². The third-order valence-electron chi connectivity index (χ3n) is 11.5. The Hall–Kier alpha value is -7.74. The van der Waals surface area contributed by atoms with Crippen LogP contribution in [0.25, 0.3) is 33.4 Å². The third kappa shape index (κ3) is 10.8. The van der Waals surface area contributed by atoms with Crippen molar-refractivity contribution in [2.24, 2.45) is 0 Å². The van der Waals surface area contributed by atoms with Crippen LogP contribution in [0, 0.1) is 0 Å². The normalized spacial score (nSPS) is 11.4. The van der Waals surface area contributed by atoms with E-state index in [0.717, 1.165) is 36.8 Å². The Labute approximate surface area is 434 Å². The second kappa shape index (κ2) is 20.9. The fraction of sp³-hybridized carbons (Fsp3) is 0. The molecule has 0 radical (unpaired) electrons. The largest absolute Gasteiger partial charge is 0.457 e. The fourth-order valence-corrected chi connectivity index (χ4v) is 11.3. The first-order valence-corrected chi connectivity index (χ1v) is 27.0. The monoisotopic (exact) mass is 1110 g/mol. The first-order chi connectivity index (χ1) is 35.0. The van der Waals surface area contributed by atoms with Crippen molar-refractivity contribution in [1.82, 2.24) is 0 Å². The predicted molar refractivity (Wildman–Crippen MR) is 288 cm³/mol. The van der Waals surface area contributed by atoms with Crippen LogP contribution in [0.1, 0.15) is 0 Å². The topological polar surface area (TPSA) is 105 Å². The molecule has 8 nitrogen and oxygen atoms in total. The highest BCUT2D eigenvalue weighted by Crippen LogP contribution is 2.43. The first kappa shape index (κ1) is 47.9. The van der Waals surface area contributed by atoms with Crippen LogP contribution in [0.4, 0.5) is 0 Å². The van der Waals surface area contributed by atoms with E-state index in [1.165, 1.54) is 48.5 Å². The summed E-state index contributed by atoms with van der Waals surface area (Å²) >= 11 is 7.12. The van der Waals surface area contributed by atoms with Gasteiger partial charge in [0.25, 0.3) is 0 Å². The summed E-state index contributed by atoms with van der Waals surface area (Å²) in [7, 11) is -7.79. The van der Waals surface area contributed by atoms with Crippen molar-refractivity contribution in [3.05, 3.63) is 252 Å². The van der Waals surface area contributed by atoms with Gasteiger partial charge in [-0.1, -0.05) is 129 Å². The van der Waals surface area contributed by atoms with Gasteiger partial charge in [-0.15, -0.1) is 0 Å². The molecule has 0 saturated heterocycles. The van der Waals surface area contributed by atoms with Gasteiger partial charge in [0.2, 0.25) is 19.7 Å². The second-order valence-electron chi connectivity index (χ2n) is 16.3. The van der Waals surface area contributed by atoms with E-state index >= 15 is 0 Å². The van der Waals surface area contributed by atoms with Crippen LogP contribution >= 0.6 is 31.9 Å². The highest BCUT2D eigenvalue weighted by atomic mass is 79.9. The molecule has 0 N–H and O–H groups in total. The number of hydrogen-bond acceptors (Lipinski definition) is 8. The summed E-state index contributed by atoms with van der Waals surface area (Å²) in [5.41, 5.74) is 5.33. The second-order valence-corrected chi connectivity index (χ2v) is 22.1. The minimum absolute atomic E-state index is 0.0917. The van der Waals surface area contributed by atoms with Crippen LogP contribution in [-0.2, 0) is 19.7 Å². The lowest BCUT2D eigenvalue weighted by Crippen LogP contribution is -2.02.